The van der Waals surface area contributed by atoms with Crippen molar-refractivity contribution in [2.75, 3.05) is 37.8 Å². The van der Waals surface area contributed by atoms with Crippen LogP contribution in [0, 0.1) is 18.8 Å². The molecule has 0 aliphatic carbocycles. The molecule has 3 rings (SSSR count). The number of phenols is 1. The van der Waals surface area contributed by atoms with Gasteiger partial charge >= 0.3 is 6.11 Å². The maximum absolute atomic E-state index is 13.1. The topological polar surface area (TPSA) is 83.1 Å². The molecule has 0 radical (unpaired) electrons. The summed E-state index contributed by atoms with van der Waals surface area (Å²) in [6.07, 6.45) is -4.19. The highest BCUT2D eigenvalue weighted by Crippen LogP contribution is 2.35. The van der Waals surface area contributed by atoms with E-state index >= 15 is 0 Å². The number of alkyl halides is 2. The van der Waals surface area contributed by atoms with Gasteiger partial charge in [-0.2, -0.15) is 8.78 Å². The fourth-order valence-electron chi connectivity index (χ4n) is 2.97. The summed E-state index contributed by atoms with van der Waals surface area (Å²) < 4.78 is 36.4. The van der Waals surface area contributed by atoms with Gasteiger partial charge in [0.2, 0.25) is 0 Å². The van der Waals surface area contributed by atoms with Gasteiger partial charge in [0.25, 0.3) is 5.91 Å². The number of rotatable bonds is 5. The molecule has 3 N–H and O–H groups in total. The summed E-state index contributed by atoms with van der Waals surface area (Å²) in [6.45, 7) is 3.05. The van der Waals surface area contributed by atoms with Gasteiger partial charge in [0.05, 0.1) is 24.5 Å². The highest BCUT2D eigenvalue weighted by atomic mass is 19.3. The van der Waals surface area contributed by atoms with Crippen molar-refractivity contribution in [3.63, 3.8) is 0 Å². The minimum absolute atomic E-state index is 0.0219. The molecule has 2 aromatic rings. The van der Waals surface area contributed by atoms with Crippen molar-refractivity contribution < 1.29 is 28.2 Å². The van der Waals surface area contributed by atoms with E-state index in [9.17, 15) is 18.7 Å². The second-order valence-corrected chi connectivity index (χ2v) is 7.77. The van der Waals surface area contributed by atoms with Crippen LogP contribution in [0.1, 0.15) is 18.1 Å². The number of carbonyl (C=O) groups excluding carboxylic acids is 1. The van der Waals surface area contributed by atoms with Gasteiger partial charge in [0.1, 0.15) is 17.2 Å². The first kappa shape index (κ1) is 23.2. The Kier molecular flexibility index (Phi) is 6.75. The number of fused-ring (bicyclic) bond motifs is 1. The van der Waals surface area contributed by atoms with Gasteiger partial charge in [-0.1, -0.05) is 11.8 Å². The summed E-state index contributed by atoms with van der Waals surface area (Å²) in [5, 5.41) is 15.8. The van der Waals surface area contributed by atoms with Crippen LogP contribution < -0.4 is 20.1 Å². The second kappa shape index (κ2) is 9.32. The number of hydrogen-bond acceptors (Lipinski definition) is 6. The molecule has 170 valence electrons. The van der Waals surface area contributed by atoms with Crippen LogP contribution in [0.25, 0.3) is 0 Å². The summed E-state index contributed by atoms with van der Waals surface area (Å²) >= 11 is 0. The van der Waals surface area contributed by atoms with Crippen molar-refractivity contribution in [1.82, 2.24) is 4.90 Å². The third-order valence-electron chi connectivity index (χ3n) is 4.50. The third-order valence-corrected chi connectivity index (χ3v) is 4.50. The van der Waals surface area contributed by atoms with Crippen molar-refractivity contribution in [3.8, 4) is 29.1 Å². The summed E-state index contributed by atoms with van der Waals surface area (Å²) in [7, 11) is 3.79. The van der Waals surface area contributed by atoms with E-state index in [4.69, 9.17) is 4.74 Å². The maximum Gasteiger partial charge on any atom is 0.394 e. The third kappa shape index (κ3) is 6.02. The van der Waals surface area contributed by atoms with Crippen LogP contribution in [0.15, 0.2) is 30.3 Å². The second-order valence-electron chi connectivity index (χ2n) is 7.77. The average molecular weight is 445 g/mol. The Balaban J connectivity index is 1.74. The van der Waals surface area contributed by atoms with Gasteiger partial charge in [-0.15, -0.1) is 0 Å². The van der Waals surface area contributed by atoms with E-state index in [1.165, 1.54) is 24.3 Å². The predicted octanol–water partition coefficient (Wildman–Crippen LogP) is 3.42. The molecule has 1 atom stereocenters. The standard InChI is InChI=1S/C23H25F2N3O4/c1-14-10-15(6-5-9-28(3)4)17(12-19(14)29)27-22(30)21-13-26-18-11-16(32-23(2,24)25)7-8-20(18)31-21/h7-8,10-12,21,26,29H,9,13H2,1-4H3,(H,27,30). The van der Waals surface area contributed by atoms with Crippen LogP contribution in [0.5, 0.6) is 17.2 Å². The molecule has 0 aromatic heterocycles. The zero-order valence-corrected chi connectivity index (χ0v) is 18.3. The van der Waals surface area contributed by atoms with Crippen molar-refractivity contribution in [3.05, 3.63) is 41.5 Å². The van der Waals surface area contributed by atoms with Crippen molar-refractivity contribution in [2.24, 2.45) is 0 Å². The fraction of sp³-hybridized carbons (Fsp3) is 0.348. The molecule has 0 bridgehead atoms. The Labute approximate surface area is 185 Å². The molecular weight excluding hydrogens is 420 g/mol. The van der Waals surface area contributed by atoms with E-state index in [2.05, 4.69) is 27.2 Å². The molecule has 1 unspecified atom stereocenters. The molecule has 0 saturated heterocycles. The van der Waals surface area contributed by atoms with Crippen molar-refractivity contribution >= 4 is 17.3 Å². The smallest absolute Gasteiger partial charge is 0.394 e. The Morgan fingerprint density at radius 1 is 1.38 bits per heavy atom. The molecule has 1 aliphatic heterocycles. The average Bonchev–Trinajstić information content (AvgIpc) is 2.69. The van der Waals surface area contributed by atoms with Crippen LogP contribution >= 0.6 is 0 Å². The number of phenolic OH excluding ortho intramolecular Hbond substituents is 1. The van der Waals surface area contributed by atoms with Crippen LogP contribution in [-0.2, 0) is 4.79 Å². The van der Waals surface area contributed by atoms with E-state index in [-0.39, 0.29) is 18.0 Å². The van der Waals surface area contributed by atoms with Gasteiger partial charge in [0, 0.05) is 24.6 Å². The first-order chi connectivity index (χ1) is 15.0. The maximum atomic E-state index is 13.1. The van der Waals surface area contributed by atoms with Gasteiger partial charge in [-0.25, -0.2) is 0 Å². The molecule has 0 spiro atoms. The molecule has 1 amide bonds. The van der Waals surface area contributed by atoms with E-state index in [0.29, 0.717) is 41.7 Å². The van der Waals surface area contributed by atoms with Crippen LogP contribution in [-0.4, -0.2) is 55.3 Å². The minimum atomic E-state index is -3.31. The molecule has 1 aliphatic rings. The molecular formula is C23H25F2N3O4. The van der Waals surface area contributed by atoms with E-state index in [1.807, 2.05) is 19.0 Å². The number of aromatic hydroxyl groups is 1. The number of halogens is 2. The lowest BCUT2D eigenvalue weighted by molar-refractivity contribution is -0.158. The van der Waals surface area contributed by atoms with Gasteiger partial charge in [-0.05, 0) is 44.8 Å². The predicted molar refractivity (Wildman–Crippen MR) is 118 cm³/mol. The molecule has 32 heavy (non-hydrogen) atoms. The lowest BCUT2D eigenvalue weighted by Gasteiger charge is -2.27. The molecule has 0 fully saturated rings. The highest BCUT2D eigenvalue weighted by molar-refractivity contribution is 5.96. The van der Waals surface area contributed by atoms with Gasteiger partial charge in [-0.3, -0.25) is 9.69 Å². The van der Waals surface area contributed by atoms with E-state index in [0.717, 1.165) is 0 Å². The quantitative estimate of drug-likeness (QED) is 0.612. The lowest BCUT2D eigenvalue weighted by Crippen LogP contribution is -2.41. The van der Waals surface area contributed by atoms with Crippen molar-refractivity contribution in [2.45, 2.75) is 26.1 Å². The zero-order chi connectivity index (χ0) is 23.5. The lowest BCUT2D eigenvalue weighted by atomic mass is 10.1. The first-order valence-corrected chi connectivity index (χ1v) is 9.91. The van der Waals surface area contributed by atoms with E-state index < -0.39 is 18.1 Å². The van der Waals surface area contributed by atoms with Crippen LogP contribution in [0.4, 0.5) is 20.2 Å². The van der Waals surface area contributed by atoms with Crippen molar-refractivity contribution in [1.29, 1.82) is 0 Å². The van der Waals surface area contributed by atoms with Crippen LogP contribution in [0.2, 0.25) is 0 Å². The Morgan fingerprint density at radius 3 is 2.81 bits per heavy atom. The molecule has 1 heterocycles. The number of carbonyl (C=O) groups is 1. The molecule has 0 saturated carbocycles. The summed E-state index contributed by atoms with van der Waals surface area (Å²) in [6, 6.07) is 7.34. The van der Waals surface area contributed by atoms with Gasteiger partial charge in [0.15, 0.2) is 6.10 Å². The SMILES string of the molecule is Cc1cc(C#CCN(C)C)c(NC(=O)C2CNc3cc(OC(C)(F)F)ccc3O2)cc1O. The number of hydrogen-bond donors (Lipinski definition) is 3. The monoisotopic (exact) mass is 445 g/mol. The molecule has 2 aromatic carbocycles. The largest absolute Gasteiger partial charge is 0.508 e. The number of ether oxygens (including phenoxy) is 2. The Morgan fingerprint density at radius 2 is 2.12 bits per heavy atom. The summed E-state index contributed by atoms with van der Waals surface area (Å²) in [4.78, 5) is 14.7. The summed E-state index contributed by atoms with van der Waals surface area (Å²) in [5.74, 6) is 5.93. The number of nitrogens with one attached hydrogen (secondary N) is 2. The summed E-state index contributed by atoms with van der Waals surface area (Å²) in [5.41, 5.74) is 2.02. The number of anilines is 2. The number of benzene rings is 2. The molecule has 7 nitrogen and oxygen atoms in total. The Bertz CT molecular complexity index is 1070. The number of nitrogens with zero attached hydrogens (tertiary/aromatic N) is 1. The van der Waals surface area contributed by atoms with Gasteiger partial charge < -0.3 is 25.2 Å². The zero-order valence-electron chi connectivity index (χ0n) is 18.3. The molecule has 9 heteroatoms. The fourth-order valence-corrected chi connectivity index (χ4v) is 2.97. The normalized spacial score (nSPS) is 15.0. The first-order valence-electron chi connectivity index (χ1n) is 9.91. The number of amides is 1. The minimum Gasteiger partial charge on any atom is -0.508 e. The highest BCUT2D eigenvalue weighted by Gasteiger charge is 2.28. The Hall–Kier alpha value is -3.51. The van der Waals surface area contributed by atoms with Crippen LogP contribution in [0.3, 0.4) is 0 Å². The van der Waals surface area contributed by atoms with E-state index in [1.54, 1.807) is 13.0 Å². The number of aryl methyl sites for hydroxylation is 1.